The van der Waals surface area contributed by atoms with Gasteiger partial charge in [-0.3, -0.25) is 9.59 Å². The number of rotatable bonds is 5. The Labute approximate surface area is 144 Å². The van der Waals surface area contributed by atoms with E-state index in [4.69, 9.17) is 4.74 Å². The van der Waals surface area contributed by atoms with Crippen LogP contribution in [-0.2, 0) is 4.79 Å². The molecule has 1 heterocycles. The van der Waals surface area contributed by atoms with Crippen LogP contribution in [0.2, 0.25) is 0 Å². The number of hydrogen-bond donors (Lipinski definition) is 1. The summed E-state index contributed by atoms with van der Waals surface area (Å²) in [5.41, 5.74) is 0.529. The van der Waals surface area contributed by atoms with Crippen LogP contribution < -0.4 is 10.1 Å². The SMILES string of the molecule is COc1ccc(C(=O)N[C@H](C(=O)N2CCCC[C@H]2C)C(C)C)cc1. The van der Waals surface area contributed by atoms with Crippen molar-refractivity contribution in [2.24, 2.45) is 5.92 Å². The predicted octanol–water partition coefficient (Wildman–Crippen LogP) is 2.85. The summed E-state index contributed by atoms with van der Waals surface area (Å²) in [6, 6.07) is 6.64. The molecule has 1 aromatic carbocycles. The molecule has 0 aromatic heterocycles. The van der Waals surface area contributed by atoms with Gasteiger partial charge in [-0.15, -0.1) is 0 Å². The molecule has 1 aromatic rings. The van der Waals surface area contributed by atoms with Crippen molar-refractivity contribution in [3.05, 3.63) is 29.8 Å². The van der Waals surface area contributed by atoms with E-state index < -0.39 is 6.04 Å². The first-order chi connectivity index (χ1) is 11.4. The fourth-order valence-electron chi connectivity index (χ4n) is 3.08. The van der Waals surface area contributed by atoms with Crippen LogP contribution in [-0.4, -0.2) is 42.5 Å². The van der Waals surface area contributed by atoms with Gasteiger partial charge in [-0.1, -0.05) is 13.8 Å². The molecule has 0 spiro atoms. The summed E-state index contributed by atoms with van der Waals surface area (Å²) in [5.74, 6) is 0.535. The van der Waals surface area contributed by atoms with Crippen LogP contribution in [0.25, 0.3) is 0 Å². The lowest BCUT2D eigenvalue weighted by atomic mass is 9.97. The number of nitrogens with zero attached hydrogens (tertiary/aromatic N) is 1. The molecule has 2 rings (SSSR count). The maximum Gasteiger partial charge on any atom is 0.251 e. The van der Waals surface area contributed by atoms with Gasteiger partial charge in [0.1, 0.15) is 11.8 Å². The highest BCUT2D eigenvalue weighted by Crippen LogP contribution is 2.19. The van der Waals surface area contributed by atoms with E-state index >= 15 is 0 Å². The van der Waals surface area contributed by atoms with E-state index in [2.05, 4.69) is 12.2 Å². The zero-order valence-electron chi connectivity index (χ0n) is 15.0. The van der Waals surface area contributed by atoms with Gasteiger partial charge in [-0.05, 0) is 56.4 Å². The van der Waals surface area contributed by atoms with Crippen LogP contribution in [0.3, 0.4) is 0 Å². The third-order valence-electron chi connectivity index (χ3n) is 4.66. The average Bonchev–Trinajstić information content (AvgIpc) is 2.59. The number of ether oxygens (including phenoxy) is 1. The number of benzene rings is 1. The first kappa shape index (κ1) is 18.3. The van der Waals surface area contributed by atoms with Crippen molar-refractivity contribution in [3.63, 3.8) is 0 Å². The van der Waals surface area contributed by atoms with Gasteiger partial charge >= 0.3 is 0 Å². The normalized spacial score (nSPS) is 19.0. The summed E-state index contributed by atoms with van der Waals surface area (Å²) in [4.78, 5) is 27.3. The molecule has 1 fully saturated rings. The highest BCUT2D eigenvalue weighted by molar-refractivity contribution is 5.97. The van der Waals surface area contributed by atoms with Crippen LogP contribution in [0.5, 0.6) is 5.75 Å². The molecule has 0 saturated carbocycles. The van der Waals surface area contributed by atoms with E-state index in [1.165, 1.54) is 0 Å². The molecule has 1 aliphatic heterocycles. The smallest absolute Gasteiger partial charge is 0.251 e. The van der Waals surface area contributed by atoms with Crippen molar-refractivity contribution in [2.45, 2.75) is 52.1 Å². The van der Waals surface area contributed by atoms with Crippen molar-refractivity contribution in [2.75, 3.05) is 13.7 Å². The largest absolute Gasteiger partial charge is 0.497 e. The average molecular weight is 332 g/mol. The Bertz CT molecular complexity index is 568. The second kappa shape index (κ2) is 8.18. The molecular weight excluding hydrogens is 304 g/mol. The van der Waals surface area contributed by atoms with Gasteiger partial charge in [0, 0.05) is 18.2 Å². The zero-order valence-corrected chi connectivity index (χ0v) is 15.0. The summed E-state index contributed by atoms with van der Waals surface area (Å²) in [6.45, 7) is 6.79. The highest BCUT2D eigenvalue weighted by atomic mass is 16.5. The van der Waals surface area contributed by atoms with E-state index in [-0.39, 0.29) is 23.8 Å². The van der Waals surface area contributed by atoms with Gasteiger partial charge in [-0.25, -0.2) is 0 Å². The van der Waals surface area contributed by atoms with Gasteiger partial charge in [0.15, 0.2) is 0 Å². The zero-order chi connectivity index (χ0) is 17.7. The third-order valence-corrected chi connectivity index (χ3v) is 4.66. The van der Waals surface area contributed by atoms with E-state index in [0.29, 0.717) is 11.3 Å². The van der Waals surface area contributed by atoms with Crippen LogP contribution in [0.4, 0.5) is 0 Å². The second-order valence-corrected chi connectivity index (χ2v) is 6.80. The molecular formula is C19H28N2O3. The Morgan fingerprint density at radius 2 is 1.88 bits per heavy atom. The fraction of sp³-hybridized carbons (Fsp3) is 0.579. The number of methoxy groups -OCH3 is 1. The minimum Gasteiger partial charge on any atom is -0.497 e. The minimum absolute atomic E-state index is 0.0269. The van der Waals surface area contributed by atoms with Crippen molar-refractivity contribution in [3.8, 4) is 5.75 Å². The number of nitrogens with one attached hydrogen (secondary N) is 1. The molecule has 132 valence electrons. The molecule has 2 amide bonds. The first-order valence-corrected chi connectivity index (χ1v) is 8.69. The molecule has 0 radical (unpaired) electrons. The fourth-order valence-corrected chi connectivity index (χ4v) is 3.08. The third kappa shape index (κ3) is 4.28. The Hall–Kier alpha value is -2.04. The van der Waals surface area contributed by atoms with E-state index in [9.17, 15) is 9.59 Å². The van der Waals surface area contributed by atoms with Crippen molar-refractivity contribution in [1.82, 2.24) is 10.2 Å². The van der Waals surface area contributed by atoms with E-state index in [1.54, 1.807) is 31.4 Å². The summed E-state index contributed by atoms with van der Waals surface area (Å²) in [7, 11) is 1.59. The Kier molecular flexibility index (Phi) is 6.23. The molecule has 2 atom stereocenters. The number of piperidine rings is 1. The number of likely N-dealkylation sites (tertiary alicyclic amines) is 1. The van der Waals surface area contributed by atoms with Gasteiger partial charge in [0.05, 0.1) is 7.11 Å². The summed E-state index contributed by atoms with van der Waals surface area (Å²) < 4.78 is 5.11. The topological polar surface area (TPSA) is 58.6 Å². The molecule has 5 nitrogen and oxygen atoms in total. The Morgan fingerprint density at radius 1 is 1.21 bits per heavy atom. The Morgan fingerprint density at radius 3 is 2.42 bits per heavy atom. The van der Waals surface area contributed by atoms with Crippen LogP contribution >= 0.6 is 0 Å². The molecule has 0 aliphatic carbocycles. The van der Waals surface area contributed by atoms with E-state index in [0.717, 1.165) is 25.8 Å². The molecule has 1 N–H and O–H groups in total. The second-order valence-electron chi connectivity index (χ2n) is 6.80. The standard InChI is InChI=1S/C19H28N2O3/c1-13(2)17(19(23)21-12-6-5-7-14(21)3)20-18(22)15-8-10-16(24-4)11-9-15/h8-11,13-14,17H,5-7,12H2,1-4H3,(H,20,22)/t14-,17+/m1/s1. The van der Waals surface area contributed by atoms with Crippen molar-refractivity contribution in [1.29, 1.82) is 0 Å². The summed E-state index contributed by atoms with van der Waals surface area (Å²) >= 11 is 0. The molecule has 24 heavy (non-hydrogen) atoms. The Balaban J connectivity index is 2.09. The highest BCUT2D eigenvalue weighted by Gasteiger charge is 2.32. The number of hydrogen-bond acceptors (Lipinski definition) is 3. The quantitative estimate of drug-likeness (QED) is 0.902. The molecule has 1 saturated heterocycles. The van der Waals surface area contributed by atoms with Gasteiger partial charge in [0.25, 0.3) is 5.91 Å². The van der Waals surface area contributed by atoms with Crippen LogP contribution in [0.1, 0.15) is 50.4 Å². The van der Waals surface area contributed by atoms with Crippen molar-refractivity contribution < 1.29 is 14.3 Å². The first-order valence-electron chi connectivity index (χ1n) is 8.69. The van der Waals surface area contributed by atoms with Crippen LogP contribution in [0.15, 0.2) is 24.3 Å². The monoisotopic (exact) mass is 332 g/mol. The van der Waals surface area contributed by atoms with Gasteiger partial charge in [0.2, 0.25) is 5.91 Å². The summed E-state index contributed by atoms with van der Waals surface area (Å²) in [6.07, 6.45) is 3.23. The lowest BCUT2D eigenvalue weighted by molar-refractivity contribution is -0.137. The minimum atomic E-state index is -0.500. The predicted molar refractivity (Wildman–Crippen MR) is 94.1 cm³/mol. The number of carbonyl (C=O) groups excluding carboxylic acids is 2. The maximum atomic E-state index is 12.9. The molecule has 1 aliphatic rings. The lowest BCUT2D eigenvalue weighted by Gasteiger charge is -2.37. The van der Waals surface area contributed by atoms with Crippen LogP contribution in [0, 0.1) is 5.92 Å². The van der Waals surface area contributed by atoms with Crippen molar-refractivity contribution >= 4 is 11.8 Å². The van der Waals surface area contributed by atoms with Gasteiger partial charge < -0.3 is 15.0 Å². The lowest BCUT2D eigenvalue weighted by Crippen LogP contribution is -2.54. The molecule has 0 unspecified atom stereocenters. The maximum absolute atomic E-state index is 12.9. The molecule has 5 heteroatoms. The number of amides is 2. The molecule has 0 bridgehead atoms. The summed E-state index contributed by atoms with van der Waals surface area (Å²) in [5, 5.41) is 2.92. The van der Waals surface area contributed by atoms with E-state index in [1.807, 2.05) is 18.7 Å². The van der Waals surface area contributed by atoms with Gasteiger partial charge in [-0.2, -0.15) is 0 Å². The number of carbonyl (C=O) groups is 2.